The lowest BCUT2D eigenvalue weighted by atomic mass is 9.80. The molecule has 104 valence electrons. The fourth-order valence-corrected chi connectivity index (χ4v) is 2.77. The Morgan fingerprint density at radius 3 is 2.28 bits per heavy atom. The lowest BCUT2D eigenvalue weighted by Gasteiger charge is -2.24. The van der Waals surface area contributed by atoms with Crippen molar-refractivity contribution in [2.24, 2.45) is 23.5 Å². The number of hydrogen-bond acceptors (Lipinski definition) is 2. The van der Waals surface area contributed by atoms with E-state index < -0.39 is 11.8 Å². The second kappa shape index (κ2) is 7.55. The highest BCUT2D eigenvalue weighted by Crippen LogP contribution is 2.30. The van der Waals surface area contributed by atoms with Gasteiger partial charge in [-0.25, -0.2) is 0 Å². The molecule has 2 N–H and O–H groups in total. The van der Waals surface area contributed by atoms with Crippen LogP contribution in [-0.2, 0) is 9.59 Å². The number of rotatable bonds is 7. The molecule has 0 aromatic carbocycles. The van der Waals surface area contributed by atoms with Crippen LogP contribution in [0, 0.1) is 17.8 Å². The van der Waals surface area contributed by atoms with Crippen LogP contribution in [0.1, 0.15) is 65.2 Å². The summed E-state index contributed by atoms with van der Waals surface area (Å²) < 4.78 is 0. The van der Waals surface area contributed by atoms with Crippen molar-refractivity contribution < 1.29 is 9.59 Å². The predicted octanol–water partition coefficient (Wildman–Crippen LogP) is 3.06. The van der Waals surface area contributed by atoms with Crippen molar-refractivity contribution in [3.63, 3.8) is 0 Å². The van der Waals surface area contributed by atoms with Crippen molar-refractivity contribution in [1.82, 2.24) is 0 Å². The molecule has 0 heterocycles. The molecular formula is C15H27NO2. The zero-order valence-corrected chi connectivity index (χ0v) is 11.8. The molecule has 3 heteroatoms. The Kier molecular flexibility index (Phi) is 6.37. The fraction of sp³-hybridized carbons (Fsp3) is 0.867. The second-order valence-corrected chi connectivity index (χ2v) is 6.09. The van der Waals surface area contributed by atoms with Gasteiger partial charge in [0.25, 0.3) is 0 Å². The van der Waals surface area contributed by atoms with E-state index in [1.807, 2.05) is 0 Å². The van der Waals surface area contributed by atoms with E-state index in [1.54, 1.807) is 0 Å². The van der Waals surface area contributed by atoms with E-state index >= 15 is 0 Å². The van der Waals surface area contributed by atoms with Gasteiger partial charge in [-0.3, -0.25) is 9.59 Å². The number of Topliss-reactive ketones (excluding diaryl/α,β-unsaturated/α-hetero) is 1. The number of carbonyl (C=O) groups is 2. The van der Waals surface area contributed by atoms with Crippen LogP contribution >= 0.6 is 0 Å². The van der Waals surface area contributed by atoms with Crippen LogP contribution in [0.2, 0.25) is 0 Å². The summed E-state index contributed by atoms with van der Waals surface area (Å²) in [4.78, 5) is 23.5. The Balaban J connectivity index is 2.47. The van der Waals surface area contributed by atoms with Crippen molar-refractivity contribution >= 4 is 11.7 Å². The van der Waals surface area contributed by atoms with Crippen molar-refractivity contribution in [2.45, 2.75) is 65.2 Å². The molecule has 3 nitrogen and oxygen atoms in total. The third-order valence-electron chi connectivity index (χ3n) is 3.99. The quantitative estimate of drug-likeness (QED) is 0.709. The minimum Gasteiger partial charge on any atom is -0.369 e. The van der Waals surface area contributed by atoms with Gasteiger partial charge in [-0.05, 0) is 24.7 Å². The summed E-state index contributed by atoms with van der Waals surface area (Å²) in [5.74, 6) is 0.124. The highest BCUT2D eigenvalue weighted by Gasteiger charge is 2.28. The summed E-state index contributed by atoms with van der Waals surface area (Å²) in [5, 5.41) is 0. The lowest BCUT2D eigenvalue weighted by molar-refractivity contribution is -0.133. The summed E-state index contributed by atoms with van der Waals surface area (Å²) >= 11 is 0. The minimum atomic E-state index is -0.535. The zero-order valence-electron chi connectivity index (χ0n) is 11.8. The third-order valence-corrected chi connectivity index (χ3v) is 3.99. The maximum absolute atomic E-state index is 12.1. The van der Waals surface area contributed by atoms with Crippen LogP contribution < -0.4 is 5.73 Å². The molecule has 0 aromatic rings. The molecule has 1 aliphatic carbocycles. The van der Waals surface area contributed by atoms with Gasteiger partial charge in [0.2, 0.25) is 5.91 Å². The summed E-state index contributed by atoms with van der Waals surface area (Å²) in [6.45, 7) is 4.18. The van der Waals surface area contributed by atoms with E-state index in [-0.39, 0.29) is 5.78 Å². The SMILES string of the molecule is CC(C)CCC(=O)C(CC1CCCCC1)C(N)=O. The van der Waals surface area contributed by atoms with E-state index in [2.05, 4.69) is 13.8 Å². The monoisotopic (exact) mass is 253 g/mol. The first-order chi connectivity index (χ1) is 8.50. The molecule has 1 amide bonds. The van der Waals surface area contributed by atoms with Gasteiger partial charge in [-0.15, -0.1) is 0 Å². The van der Waals surface area contributed by atoms with Crippen LogP contribution in [0.3, 0.4) is 0 Å². The second-order valence-electron chi connectivity index (χ2n) is 6.09. The number of primary amides is 1. The predicted molar refractivity (Wildman–Crippen MR) is 73.0 cm³/mol. The van der Waals surface area contributed by atoms with Crippen LogP contribution in [-0.4, -0.2) is 11.7 Å². The van der Waals surface area contributed by atoms with Crippen molar-refractivity contribution in [3.8, 4) is 0 Å². The summed E-state index contributed by atoms with van der Waals surface area (Å²) in [6, 6.07) is 0. The van der Waals surface area contributed by atoms with Gasteiger partial charge in [-0.1, -0.05) is 46.0 Å². The maximum Gasteiger partial charge on any atom is 0.228 e. The Morgan fingerprint density at radius 2 is 1.78 bits per heavy atom. The molecule has 1 unspecified atom stereocenters. The van der Waals surface area contributed by atoms with Crippen molar-refractivity contribution in [2.75, 3.05) is 0 Å². The molecule has 0 saturated heterocycles. The summed E-state index contributed by atoms with van der Waals surface area (Å²) in [7, 11) is 0. The van der Waals surface area contributed by atoms with E-state index in [1.165, 1.54) is 19.3 Å². The first-order valence-electron chi connectivity index (χ1n) is 7.32. The standard InChI is InChI=1S/C15H27NO2/c1-11(2)8-9-14(17)13(15(16)18)10-12-6-4-3-5-7-12/h11-13H,3-10H2,1-2H3,(H2,16,18). The molecule has 1 atom stereocenters. The number of hydrogen-bond donors (Lipinski definition) is 1. The normalized spacial score (nSPS) is 18.8. The summed E-state index contributed by atoms with van der Waals surface area (Å²) in [5.41, 5.74) is 5.40. The van der Waals surface area contributed by atoms with Crippen LogP contribution in [0.5, 0.6) is 0 Å². The fourth-order valence-electron chi connectivity index (χ4n) is 2.77. The Morgan fingerprint density at radius 1 is 1.17 bits per heavy atom. The van der Waals surface area contributed by atoms with Gasteiger partial charge in [0.05, 0.1) is 5.92 Å². The average molecular weight is 253 g/mol. The highest BCUT2D eigenvalue weighted by molar-refractivity contribution is 6.00. The molecule has 0 aliphatic heterocycles. The molecule has 0 aromatic heterocycles. The van der Waals surface area contributed by atoms with Crippen LogP contribution in [0.15, 0.2) is 0 Å². The van der Waals surface area contributed by atoms with Crippen LogP contribution in [0.4, 0.5) is 0 Å². The van der Waals surface area contributed by atoms with Gasteiger partial charge in [0, 0.05) is 6.42 Å². The van der Waals surface area contributed by atoms with Gasteiger partial charge in [0.15, 0.2) is 0 Å². The molecular weight excluding hydrogens is 226 g/mol. The first-order valence-corrected chi connectivity index (χ1v) is 7.32. The molecule has 1 rings (SSSR count). The van der Waals surface area contributed by atoms with Gasteiger partial charge < -0.3 is 5.73 Å². The highest BCUT2D eigenvalue weighted by atomic mass is 16.2. The van der Waals surface area contributed by atoms with E-state index in [4.69, 9.17) is 5.73 Å². The van der Waals surface area contributed by atoms with Gasteiger partial charge >= 0.3 is 0 Å². The molecule has 0 spiro atoms. The minimum absolute atomic E-state index is 0.0572. The first kappa shape index (κ1) is 15.2. The molecule has 1 saturated carbocycles. The Hall–Kier alpha value is -0.860. The number of nitrogens with two attached hydrogens (primary N) is 1. The van der Waals surface area contributed by atoms with E-state index in [0.717, 1.165) is 19.3 Å². The number of carbonyl (C=O) groups excluding carboxylic acids is 2. The smallest absolute Gasteiger partial charge is 0.228 e. The molecule has 1 fully saturated rings. The number of amides is 1. The van der Waals surface area contributed by atoms with Gasteiger partial charge in [0.1, 0.15) is 5.78 Å². The largest absolute Gasteiger partial charge is 0.369 e. The topological polar surface area (TPSA) is 60.2 Å². The average Bonchev–Trinajstić information content (AvgIpc) is 2.34. The molecule has 0 bridgehead atoms. The molecule has 18 heavy (non-hydrogen) atoms. The third kappa shape index (κ3) is 5.19. The van der Waals surface area contributed by atoms with Crippen LogP contribution in [0.25, 0.3) is 0 Å². The summed E-state index contributed by atoms with van der Waals surface area (Å²) in [6.07, 6.45) is 8.10. The van der Waals surface area contributed by atoms with E-state index in [9.17, 15) is 9.59 Å². The molecule has 0 radical (unpaired) electrons. The van der Waals surface area contributed by atoms with Gasteiger partial charge in [-0.2, -0.15) is 0 Å². The van der Waals surface area contributed by atoms with Crippen molar-refractivity contribution in [3.05, 3.63) is 0 Å². The Labute approximate surface area is 111 Å². The zero-order chi connectivity index (χ0) is 13.5. The lowest BCUT2D eigenvalue weighted by Crippen LogP contribution is -2.32. The molecule has 1 aliphatic rings. The Bertz CT molecular complexity index is 280. The maximum atomic E-state index is 12.1. The van der Waals surface area contributed by atoms with Crippen molar-refractivity contribution in [1.29, 1.82) is 0 Å². The van der Waals surface area contributed by atoms with E-state index in [0.29, 0.717) is 24.7 Å². The number of ketones is 1.